The van der Waals surface area contributed by atoms with Crippen LogP contribution in [0.15, 0.2) is 33.8 Å². The van der Waals surface area contributed by atoms with E-state index in [2.05, 4.69) is 10.1 Å². The summed E-state index contributed by atoms with van der Waals surface area (Å²) in [6, 6.07) is 6.31. The van der Waals surface area contributed by atoms with Crippen molar-refractivity contribution in [3.05, 3.63) is 46.1 Å². The van der Waals surface area contributed by atoms with Crippen molar-refractivity contribution >= 4 is 39.4 Å². The minimum absolute atomic E-state index is 0.00942. The molecular formula is C17H15N3O6S. The highest BCUT2D eigenvalue weighted by Gasteiger charge is 2.16. The Kier molecular flexibility index (Phi) is 5.17. The van der Waals surface area contributed by atoms with Crippen molar-refractivity contribution in [2.45, 2.75) is 13.5 Å². The number of nitrogens with zero attached hydrogens (tertiary/aromatic N) is 3. The number of rotatable bonds is 4. The van der Waals surface area contributed by atoms with Gasteiger partial charge in [0, 0.05) is 6.07 Å². The minimum Gasteiger partial charge on any atom is -0.468 e. The van der Waals surface area contributed by atoms with Gasteiger partial charge in [0.1, 0.15) is 6.54 Å². The molecule has 10 heteroatoms. The topological polar surface area (TPSA) is 113 Å². The molecule has 27 heavy (non-hydrogen) atoms. The molecule has 0 fully saturated rings. The van der Waals surface area contributed by atoms with Crippen molar-refractivity contribution in [3.8, 4) is 0 Å². The Morgan fingerprint density at radius 2 is 2.00 bits per heavy atom. The average Bonchev–Trinajstić information content (AvgIpc) is 3.24. The Hall–Kier alpha value is -3.27. The zero-order valence-electron chi connectivity index (χ0n) is 14.7. The monoisotopic (exact) mass is 389 g/mol. The van der Waals surface area contributed by atoms with Gasteiger partial charge in [0.05, 0.1) is 35.7 Å². The van der Waals surface area contributed by atoms with Crippen molar-refractivity contribution in [3.63, 3.8) is 0 Å². The summed E-state index contributed by atoms with van der Waals surface area (Å²) < 4.78 is 16.6. The van der Waals surface area contributed by atoms with Crippen molar-refractivity contribution in [2.75, 3.05) is 14.2 Å². The zero-order chi connectivity index (χ0) is 19.6. The minimum atomic E-state index is -0.631. The molecule has 0 aliphatic heterocycles. The van der Waals surface area contributed by atoms with Gasteiger partial charge in [0.15, 0.2) is 4.80 Å². The molecule has 2 aromatic heterocycles. The quantitative estimate of drug-likeness (QED) is 0.624. The van der Waals surface area contributed by atoms with Gasteiger partial charge in [0.2, 0.25) is 5.76 Å². The maximum atomic E-state index is 12.3. The lowest BCUT2D eigenvalue weighted by Crippen LogP contribution is -2.22. The first-order valence-corrected chi connectivity index (χ1v) is 8.55. The van der Waals surface area contributed by atoms with Crippen LogP contribution in [-0.4, -0.2) is 41.8 Å². The second-order valence-electron chi connectivity index (χ2n) is 5.47. The molecule has 2 heterocycles. The number of thiazole rings is 1. The van der Waals surface area contributed by atoms with Crippen LogP contribution in [0.2, 0.25) is 0 Å². The molecule has 1 amide bonds. The number of aryl methyl sites for hydroxylation is 1. The third kappa shape index (κ3) is 3.80. The number of fused-ring (bicyclic) bond motifs is 1. The summed E-state index contributed by atoms with van der Waals surface area (Å²) in [5.74, 6) is -1.63. The van der Waals surface area contributed by atoms with Crippen LogP contribution >= 0.6 is 11.3 Å². The van der Waals surface area contributed by atoms with Crippen LogP contribution in [0.3, 0.4) is 0 Å². The molecule has 0 spiro atoms. The molecule has 0 bridgehead atoms. The summed E-state index contributed by atoms with van der Waals surface area (Å²) in [5, 5.41) is 3.66. The van der Waals surface area contributed by atoms with Crippen LogP contribution in [0.4, 0.5) is 0 Å². The summed E-state index contributed by atoms with van der Waals surface area (Å²) in [4.78, 5) is 40.2. The summed E-state index contributed by atoms with van der Waals surface area (Å²) >= 11 is 1.15. The SMILES string of the molecule is COC(=O)Cn1c(=NC(=O)c2cc(C)no2)sc2cc(C(=O)OC)ccc21. The first kappa shape index (κ1) is 18.5. The maximum Gasteiger partial charge on any atom is 0.337 e. The van der Waals surface area contributed by atoms with Crippen molar-refractivity contribution in [1.82, 2.24) is 9.72 Å². The fourth-order valence-electron chi connectivity index (χ4n) is 2.36. The van der Waals surface area contributed by atoms with E-state index in [1.54, 1.807) is 25.1 Å². The number of esters is 2. The van der Waals surface area contributed by atoms with E-state index < -0.39 is 17.8 Å². The van der Waals surface area contributed by atoms with E-state index in [4.69, 9.17) is 14.0 Å². The highest BCUT2D eigenvalue weighted by Crippen LogP contribution is 2.20. The molecular weight excluding hydrogens is 374 g/mol. The number of aromatic nitrogens is 2. The second kappa shape index (κ2) is 7.54. The summed E-state index contributed by atoms with van der Waals surface area (Å²) in [6.45, 7) is 1.54. The van der Waals surface area contributed by atoms with Crippen LogP contribution in [-0.2, 0) is 20.8 Å². The Labute approximate surface area is 156 Å². The van der Waals surface area contributed by atoms with Crippen LogP contribution in [0.25, 0.3) is 10.2 Å². The van der Waals surface area contributed by atoms with E-state index in [9.17, 15) is 14.4 Å². The molecule has 9 nitrogen and oxygen atoms in total. The molecule has 140 valence electrons. The highest BCUT2D eigenvalue weighted by molar-refractivity contribution is 7.16. The first-order valence-electron chi connectivity index (χ1n) is 7.74. The second-order valence-corrected chi connectivity index (χ2v) is 6.48. The normalized spacial score (nSPS) is 11.6. The van der Waals surface area contributed by atoms with Crippen LogP contribution in [0, 0.1) is 6.92 Å². The zero-order valence-corrected chi connectivity index (χ0v) is 15.5. The molecule has 3 rings (SSSR count). The van der Waals surface area contributed by atoms with Gasteiger partial charge in [0.25, 0.3) is 0 Å². The van der Waals surface area contributed by atoms with Crippen LogP contribution in [0.5, 0.6) is 0 Å². The molecule has 0 saturated heterocycles. The fraction of sp³-hybridized carbons (Fsp3) is 0.235. The van der Waals surface area contributed by atoms with Gasteiger partial charge in [-0.2, -0.15) is 4.99 Å². The number of amides is 1. The van der Waals surface area contributed by atoms with Crippen molar-refractivity contribution in [1.29, 1.82) is 0 Å². The number of methoxy groups -OCH3 is 2. The summed E-state index contributed by atoms with van der Waals surface area (Å²) in [6.07, 6.45) is 0. The number of hydrogen-bond acceptors (Lipinski definition) is 8. The van der Waals surface area contributed by atoms with Gasteiger partial charge in [-0.05, 0) is 25.1 Å². The molecule has 0 radical (unpaired) electrons. The number of ether oxygens (including phenoxy) is 2. The van der Waals surface area contributed by atoms with E-state index in [1.165, 1.54) is 24.9 Å². The van der Waals surface area contributed by atoms with E-state index in [0.29, 0.717) is 21.5 Å². The fourth-order valence-corrected chi connectivity index (χ4v) is 3.42. The van der Waals surface area contributed by atoms with Gasteiger partial charge < -0.3 is 18.6 Å². The predicted molar refractivity (Wildman–Crippen MR) is 94.3 cm³/mol. The lowest BCUT2D eigenvalue weighted by Gasteiger charge is -2.04. The third-order valence-electron chi connectivity index (χ3n) is 3.65. The van der Waals surface area contributed by atoms with Gasteiger partial charge in [-0.3, -0.25) is 9.59 Å². The average molecular weight is 389 g/mol. The van der Waals surface area contributed by atoms with Gasteiger partial charge in [-0.25, -0.2) is 4.79 Å². The largest absolute Gasteiger partial charge is 0.468 e. The lowest BCUT2D eigenvalue weighted by molar-refractivity contribution is -0.141. The van der Waals surface area contributed by atoms with E-state index in [0.717, 1.165) is 11.3 Å². The molecule has 0 unspecified atom stereocenters. The maximum absolute atomic E-state index is 12.3. The number of benzene rings is 1. The molecule has 3 aromatic rings. The number of hydrogen-bond donors (Lipinski definition) is 0. The summed E-state index contributed by atoms with van der Waals surface area (Å²) in [5.41, 5.74) is 1.52. The van der Waals surface area contributed by atoms with Gasteiger partial charge in [-0.15, -0.1) is 0 Å². The van der Waals surface area contributed by atoms with Crippen LogP contribution in [0.1, 0.15) is 26.6 Å². The van der Waals surface area contributed by atoms with E-state index in [1.807, 2.05) is 0 Å². The van der Waals surface area contributed by atoms with Crippen molar-refractivity contribution < 1.29 is 28.4 Å². The Balaban J connectivity index is 2.15. The molecule has 1 aromatic carbocycles. The molecule has 0 N–H and O–H groups in total. The Morgan fingerprint density at radius 3 is 2.63 bits per heavy atom. The molecule has 0 aliphatic rings. The molecule has 0 aliphatic carbocycles. The molecule has 0 atom stereocenters. The van der Waals surface area contributed by atoms with E-state index in [-0.39, 0.29) is 17.1 Å². The Morgan fingerprint density at radius 1 is 1.22 bits per heavy atom. The Bertz CT molecular complexity index is 1110. The molecule has 0 saturated carbocycles. The highest BCUT2D eigenvalue weighted by atomic mass is 32.1. The van der Waals surface area contributed by atoms with Gasteiger partial charge >= 0.3 is 17.8 Å². The standard InChI is InChI=1S/C17H15N3O6S/c1-9-6-12(26-19-9)15(22)18-17-20(8-14(21)24-2)11-5-4-10(16(23)25-3)7-13(11)27-17/h4-7H,8H2,1-3H3. The number of carbonyl (C=O) groups excluding carboxylic acids is 3. The smallest absolute Gasteiger partial charge is 0.337 e. The predicted octanol–water partition coefficient (Wildman–Crippen LogP) is 1.70. The number of carbonyl (C=O) groups is 3. The first-order chi connectivity index (χ1) is 12.9. The van der Waals surface area contributed by atoms with Gasteiger partial charge in [-0.1, -0.05) is 16.5 Å². The van der Waals surface area contributed by atoms with Crippen molar-refractivity contribution in [2.24, 2.45) is 4.99 Å². The lowest BCUT2D eigenvalue weighted by atomic mass is 10.2. The summed E-state index contributed by atoms with van der Waals surface area (Å²) in [7, 11) is 2.56. The third-order valence-corrected chi connectivity index (χ3v) is 4.70. The van der Waals surface area contributed by atoms with Crippen LogP contribution < -0.4 is 4.80 Å². The van der Waals surface area contributed by atoms with E-state index >= 15 is 0 Å².